The molecule has 0 aliphatic carbocycles. The Kier molecular flexibility index (Phi) is 7.02. The van der Waals surface area contributed by atoms with Crippen molar-refractivity contribution >= 4 is 6.09 Å². The maximum absolute atomic E-state index is 11.1. The molecule has 0 heterocycles. The number of aliphatic hydroxyl groups is 1. The van der Waals surface area contributed by atoms with Crippen molar-refractivity contribution in [3.05, 3.63) is 0 Å². The van der Waals surface area contributed by atoms with Crippen LogP contribution in [-0.2, 0) is 9.57 Å². The number of carbonyl (C=O) groups is 1. The Balaban J connectivity index is 3.32. The summed E-state index contributed by atoms with van der Waals surface area (Å²) in [5.41, 5.74) is 2.03. The van der Waals surface area contributed by atoms with Gasteiger partial charge in [-0.1, -0.05) is 0 Å². The van der Waals surface area contributed by atoms with Gasteiger partial charge in [0.1, 0.15) is 5.60 Å². The number of hydrogen-bond acceptors (Lipinski definition) is 5. The number of hydroxylamine groups is 1. The number of amides is 1. The van der Waals surface area contributed by atoms with E-state index in [1.165, 1.54) is 0 Å². The maximum atomic E-state index is 11.1. The van der Waals surface area contributed by atoms with Crippen molar-refractivity contribution in [2.75, 3.05) is 26.3 Å². The molecule has 90 valence electrons. The molecule has 0 aromatic carbocycles. The van der Waals surface area contributed by atoms with Crippen LogP contribution in [0.4, 0.5) is 4.79 Å². The second-order valence-electron chi connectivity index (χ2n) is 3.90. The second-order valence-corrected chi connectivity index (χ2v) is 3.90. The van der Waals surface area contributed by atoms with Gasteiger partial charge in [0.25, 0.3) is 0 Å². The molecule has 0 rings (SSSR count). The van der Waals surface area contributed by atoms with Crippen molar-refractivity contribution in [2.24, 2.45) is 0 Å². The van der Waals surface area contributed by atoms with Gasteiger partial charge in [0.15, 0.2) is 0 Å². The minimum absolute atomic E-state index is 0.0134. The Bertz CT molecular complexity index is 179. The number of alkyl carbamates (subject to hydrolysis) is 1. The van der Waals surface area contributed by atoms with Crippen LogP contribution in [0.2, 0.25) is 0 Å². The first-order valence-corrected chi connectivity index (χ1v) is 4.88. The molecule has 0 aromatic rings. The van der Waals surface area contributed by atoms with Gasteiger partial charge >= 0.3 is 6.09 Å². The van der Waals surface area contributed by atoms with Crippen LogP contribution in [0.3, 0.4) is 0 Å². The summed E-state index contributed by atoms with van der Waals surface area (Å²) in [6.45, 7) is 6.45. The van der Waals surface area contributed by atoms with Gasteiger partial charge in [-0.15, -0.1) is 0 Å². The summed E-state index contributed by atoms with van der Waals surface area (Å²) in [7, 11) is 0. The highest BCUT2D eigenvalue weighted by Gasteiger charge is 2.15. The van der Waals surface area contributed by atoms with Crippen molar-refractivity contribution in [1.29, 1.82) is 0 Å². The molecular formula is C9H20N2O4. The third kappa shape index (κ3) is 11.1. The zero-order valence-corrected chi connectivity index (χ0v) is 9.50. The van der Waals surface area contributed by atoms with Crippen molar-refractivity contribution in [3.8, 4) is 0 Å². The van der Waals surface area contributed by atoms with Crippen LogP contribution >= 0.6 is 0 Å². The van der Waals surface area contributed by atoms with E-state index in [0.29, 0.717) is 19.7 Å². The van der Waals surface area contributed by atoms with Gasteiger partial charge in [-0.2, -0.15) is 0 Å². The van der Waals surface area contributed by atoms with Crippen molar-refractivity contribution < 1.29 is 19.5 Å². The second kappa shape index (κ2) is 7.44. The smallest absolute Gasteiger partial charge is 0.407 e. The van der Waals surface area contributed by atoms with E-state index >= 15 is 0 Å². The van der Waals surface area contributed by atoms with Crippen LogP contribution in [0.5, 0.6) is 0 Å². The third-order valence-corrected chi connectivity index (χ3v) is 1.19. The number of rotatable bonds is 6. The SMILES string of the molecule is CC(C)(C)OC(=O)NCCONCCO. The Labute approximate surface area is 89.9 Å². The molecule has 0 spiro atoms. The lowest BCUT2D eigenvalue weighted by atomic mass is 10.2. The normalized spacial score (nSPS) is 11.2. The first-order chi connectivity index (χ1) is 6.95. The highest BCUT2D eigenvalue weighted by molar-refractivity contribution is 5.67. The lowest BCUT2D eigenvalue weighted by Gasteiger charge is -2.19. The van der Waals surface area contributed by atoms with E-state index in [1.807, 2.05) is 0 Å². The van der Waals surface area contributed by atoms with E-state index in [1.54, 1.807) is 20.8 Å². The van der Waals surface area contributed by atoms with Crippen molar-refractivity contribution in [3.63, 3.8) is 0 Å². The predicted molar refractivity (Wildman–Crippen MR) is 55.3 cm³/mol. The predicted octanol–water partition coefficient (Wildman–Crippen LogP) is 0.0246. The Morgan fingerprint density at radius 1 is 1.33 bits per heavy atom. The molecule has 0 radical (unpaired) electrons. The summed E-state index contributed by atoms with van der Waals surface area (Å²) < 4.78 is 5.00. The number of aliphatic hydroxyl groups excluding tert-OH is 1. The summed E-state index contributed by atoms with van der Waals surface area (Å²) in [4.78, 5) is 16.0. The molecule has 0 fully saturated rings. The standard InChI is InChI=1S/C9H20N2O4/c1-9(2,3)15-8(13)10-5-7-14-11-4-6-12/h11-12H,4-7H2,1-3H3,(H,10,13). The van der Waals surface area contributed by atoms with Gasteiger partial charge in [-0.25, -0.2) is 10.3 Å². The zero-order chi connectivity index (χ0) is 11.7. The van der Waals surface area contributed by atoms with Crippen LogP contribution in [0.15, 0.2) is 0 Å². The Hall–Kier alpha value is -0.850. The van der Waals surface area contributed by atoms with Crippen molar-refractivity contribution in [1.82, 2.24) is 10.8 Å². The summed E-state index contributed by atoms with van der Waals surface area (Å²) in [6, 6.07) is 0. The third-order valence-electron chi connectivity index (χ3n) is 1.19. The Morgan fingerprint density at radius 2 is 2.00 bits per heavy atom. The largest absolute Gasteiger partial charge is 0.444 e. The number of nitrogens with one attached hydrogen (secondary N) is 2. The summed E-state index contributed by atoms with van der Waals surface area (Å²) in [5, 5.41) is 10.9. The first-order valence-electron chi connectivity index (χ1n) is 4.88. The lowest BCUT2D eigenvalue weighted by molar-refractivity contribution is 0.0270. The van der Waals surface area contributed by atoms with E-state index in [0.717, 1.165) is 0 Å². The highest BCUT2D eigenvalue weighted by atomic mass is 16.6. The summed E-state index contributed by atoms with van der Waals surface area (Å²) >= 11 is 0. The fourth-order valence-corrected chi connectivity index (χ4v) is 0.708. The van der Waals surface area contributed by atoms with Crippen LogP contribution in [-0.4, -0.2) is 43.1 Å². The molecule has 1 amide bonds. The highest BCUT2D eigenvalue weighted by Crippen LogP contribution is 2.05. The average molecular weight is 220 g/mol. The zero-order valence-electron chi connectivity index (χ0n) is 9.50. The minimum atomic E-state index is -0.486. The molecule has 0 bridgehead atoms. The fourth-order valence-electron chi connectivity index (χ4n) is 0.708. The summed E-state index contributed by atoms with van der Waals surface area (Å²) in [5.74, 6) is 0. The summed E-state index contributed by atoms with van der Waals surface area (Å²) in [6.07, 6.45) is -0.465. The van der Waals surface area contributed by atoms with Gasteiger partial charge in [0, 0.05) is 13.1 Å². The van der Waals surface area contributed by atoms with Gasteiger partial charge in [0.05, 0.1) is 13.2 Å². The first kappa shape index (κ1) is 14.2. The molecule has 0 aromatic heterocycles. The van der Waals surface area contributed by atoms with E-state index in [9.17, 15) is 4.79 Å². The number of carbonyl (C=O) groups excluding carboxylic acids is 1. The molecule has 0 unspecified atom stereocenters. The molecule has 6 heteroatoms. The molecule has 0 aliphatic heterocycles. The van der Waals surface area contributed by atoms with Gasteiger partial charge in [0.2, 0.25) is 0 Å². The minimum Gasteiger partial charge on any atom is -0.444 e. The van der Waals surface area contributed by atoms with Gasteiger partial charge in [-0.05, 0) is 20.8 Å². The fraction of sp³-hybridized carbons (Fsp3) is 0.889. The molecule has 0 atom stereocenters. The topological polar surface area (TPSA) is 79.8 Å². The van der Waals surface area contributed by atoms with E-state index < -0.39 is 11.7 Å². The van der Waals surface area contributed by atoms with E-state index in [4.69, 9.17) is 14.7 Å². The quantitative estimate of drug-likeness (QED) is 0.434. The van der Waals surface area contributed by atoms with Crippen LogP contribution < -0.4 is 10.8 Å². The Morgan fingerprint density at radius 3 is 2.53 bits per heavy atom. The van der Waals surface area contributed by atoms with Crippen LogP contribution in [0.1, 0.15) is 20.8 Å². The van der Waals surface area contributed by atoms with Crippen LogP contribution in [0.25, 0.3) is 0 Å². The monoisotopic (exact) mass is 220 g/mol. The molecule has 3 N–H and O–H groups in total. The molecular weight excluding hydrogens is 200 g/mol. The average Bonchev–Trinajstić information content (AvgIpc) is 2.08. The number of ether oxygens (including phenoxy) is 1. The van der Waals surface area contributed by atoms with Crippen LogP contribution in [0, 0.1) is 0 Å². The molecule has 0 saturated carbocycles. The number of hydrogen-bond donors (Lipinski definition) is 3. The van der Waals surface area contributed by atoms with E-state index in [-0.39, 0.29) is 6.61 Å². The maximum Gasteiger partial charge on any atom is 0.407 e. The van der Waals surface area contributed by atoms with Gasteiger partial charge < -0.3 is 15.2 Å². The lowest BCUT2D eigenvalue weighted by Crippen LogP contribution is -2.35. The van der Waals surface area contributed by atoms with Gasteiger partial charge in [-0.3, -0.25) is 4.84 Å². The molecule has 0 aliphatic rings. The van der Waals surface area contributed by atoms with E-state index in [2.05, 4.69) is 10.8 Å². The molecule has 15 heavy (non-hydrogen) atoms. The van der Waals surface area contributed by atoms with Crippen molar-refractivity contribution in [2.45, 2.75) is 26.4 Å². The molecule has 6 nitrogen and oxygen atoms in total. The molecule has 0 saturated heterocycles.